The lowest BCUT2D eigenvalue weighted by Gasteiger charge is -2.17. The average molecular weight is 1200 g/mol. The average Bonchev–Trinajstić information content (AvgIpc) is 0.891. The normalized spacial score (nSPS) is 11.1. The Morgan fingerprint density at radius 3 is 0.830 bits per heavy atom. The highest BCUT2D eigenvalue weighted by atomic mass is 79.9. The molecule has 88 heavy (non-hydrogen) atoms. The van der Waals surface area contributed by atoms with E-state index in [4.69, 9.17) is 19.9 Å². The summed E-state index contributed by atoms with van der Waals surface area (Å²) in [4.78, 5) is 36.8. The Morgan fingerprint density at radius 2 is 0.500 bits per heavy atom. The highest BCUT2D eigenvalue weighted by molar-refractivity contribution is 9.10. The summed E-state index contributed by atoms with van der Waals surface area (Å²) in [7, 11) is -1.48. The molecule has 0 aliphatic carbocycles. The zero-order chi connectivity index (χ0) is 59.3. The monoisotopic (exact) mass is 1200 g/mol. The summed E-state index contributed by atoms with van der Waals surface area (Å²) >= 11 is 3.76. The summed E-state index contributed by atoms with van der Waals surface area (Å²) in [6, 6.07) is 85.9. The number of hydrogen-bond donors (Lipinski definition) is 2. The van der Waals surface area contributed by atoms with E-state index in [9.17, 15) is 10.0 Å². The largest absolute Gasteiger partial charge is 0.488 e. The van der Waals surface area contributed by atoms with Gasteiger partial charge in [0.1, 0.15) is 12.7 Å². The number of halogens is 1. The molecular weight excluding hydrogens is 1150 g/mol. The van der Waals surface area contributed by atoms with Gasteiger partial charge in [0.2, 0.25) is 0 Å². The molecule has 0 saturated carbocycles. The third kappa shape index (κ3) is 10.8. The van der Waals surface area contributed by atoms with E-state index >= 15 is 0 Å². The lowest BCUT2D eigenvalue weighted by molar-refractivity contribution is 0.426. The Morgan fingerprint density at radius 1 is 0.250 bits per heavy atom. The second kappa shape index (κ2) is 24.5. The molecule has 0 aliphatic rings. The number of hydrogen-bond acceptors (Lipinski definition) is 10. The van der Waals surface area contributed by atoms with E-state index in [0.717, 1.165) is 93.8 Å². The molecule has 0 aliphatic heterocycles. The smallest absolute Gasteiger partial charge is 0.423 e. The van der Waals surface area contributed by atoms with Crippen molar-refractivity contribution in [3.8, 4) is 78.4 Å². The number of rotatable bonds is 8. The van der Waals surface area contributed by atoms with Crippen LogP contribution in [0, 0.1) is 0 Å². The fourth-order valence-electron chi connectivity index (χ4n) is 11.6. The van der Waals surface area contributed by atoms with Gasteiger partial charge in [-0.15, -0.1) is 0 Å². The number of aromatic nitrogens is 8. The first-order chi connectivity index (χ1) is 43.4. The number of para-hydroxylation sites is 4. The predicted octanol–water partition coefficient (Wildman–Crippen LogP) is 17.3. The van der Waals surface area contributed by atoms with Crippen molar-refractivity contribution in [3.05, 3.63) is 297 Å². The van der Waals surface area contributed by atoms with Crippen LogP contribution in [0.1, 0.15) is 0 Å². The summed E-state index contributed by atoms with van der Waals surface area (Å²) in [5, 5.41) is 28.1. The van der Waals surface area contributed by atoms with E-state index in [0.29, 0.717) is 5.46 Å². The van der Waals surface area contributed by atoms with Gasteiger partial charge in [0.15, 0.2) is 0 Å². The summed E-state index contributed by atoms with van der Waals surface area (Å²) in [6.07, 6.45) is 10.7. The van der Waals surface area contributed by atoms with Gasteiger partial charge in [-0.1, -0.05) is 231 Å². The molecule has 12 heteroatoms. The van der Waals surface area contributed by atoms with Crippen molar-refractivity contribution in [2.45, 2.75) is 0 Å². The third-order valence-corrected chi connectivity index (χ3v) is 16.5. The van der Waals surface area contributed by atoms with E-state index in [1.165, 1.54) is 54.2 Å². The summed E-state index contributed by atoms with van der Waals surface area (Å²) in [6.45, 7) is 0. The van der Waals surface area contributed by atoms with Gasteiger partial charge in [0, 0.05) is 73.8 Å². The van der Waals surface area contributed by atoms with Crippen LogP contribution < -0.4 is 5.46 Å². The van der Waals surface area contributed by atoms with Crippen LogP contribution in [0.15, 0.2) is 297 Å². The van der Waals surface area contributed by atoms with Crippen molar-refractivity contribution < 1.29 is 10.0 Å². The standard InChI is InChI=1S/C38H24N4.C20H15BN2O2.C18H11BrN2/c1-2-10-26(11-3-1)37-38(42-34-17-9-8-16-33(34)41-37)27-20-18-25(19-21-27)35-29-12-4-6-14-31(29)36(28-22-39-24-40-23-28)32-15-7-5-13-30(32)35;24-21(25)16-12-10-15(11-13-16)20-19(14-6-2-1-3-7-14)22-17-8-4-5-9-18(17)23-20;19-18-15-7-3-1-5-13(15)17(12-9-20-11-21-10-12)14-6-2-4-8-16(14)18/h1-24H;1-13,24-25H;1-11H. The molecule has 0 fully saturated rings. The van der Waals surface area contributed by atoms with Crippen molar-refractivity contribution in [1.29, 1.82) is 0 Å². The van der Waals surface area contributed by atoms with E-state index in [-0.39, 0.29) is 0 Å². The molecule has 0 bridgehead atoms. The molecule has 16 aromatic rings. The number of nitrogens with zero attached hydrogens (tertiary/aromatic N) is 8. The zero-order valence-electron chi connectivity index (χ0n) is 47.1. The van der Waals surface area contributed by atoms with Crippen molar-refractivity contribution in [1.82, 2.24) is 39.9 Å². The summed E-state index contributed by atoms with van der Waals surface area (Å²) < 4.78 is 1.13. The quantitative estimate of drug-likeness (QED) is 0.111. The van der Waals surface area contributed by atoms with Crippen LogP contribution in [-0.4, -0.2) is 57.0 Å². The number of fused-ring (bicyclic) bond motifs is 6. The first-order valence-corrected chi connectivity index (χ1v) is 29.5. The minimum Gasteiger partial charge on any atom is -0.423 e. The lowest BCUT2D eigenvalue weighted by atomic mass is 9.80. The molecule has 0 saturated heterocycles. The van der Waals surface area contributed by atoms with Crippen molar-refractivity contribution >= 4 is 93.7 Å². The van der Waals surface area contributed by atoms with E-state index in [1.807, 2.05) is 134 Å². The Balaban J connectivity index is 0.000000126. The molecule has 0 spiro atoms. The molecule has 0 amide bonds. The first-order valence-electron chi connectivity index (χ1n) is 28.7. The molecule has 0 unspecified atom stereocenters. The molecule has 4 aromatic heterocycles. The van der Waals surface area contributed by atoms with Crippen molar-refractivity contribution in [2.75, 3.05) is 0 Å². The van der Waals surface area contributed by atoms with Crippen LogP contribution >= 0.6 is 15.9 Å². The van der Waals surface area contributed by atoms with E-state index in [2.05, 4.69) is 169 Å². The molecule has 416 valence electrons. The van der Waals surface area contributed by atoms with E-state index in [1.54, 1.807) is 24.8 Å². The first kappa shape index (κ1) is 54.9. The maximum atomic E-state index is 9.29. The molecule has 2 N–H and O–H groups in total. The van der Waals surface area contributed by atoms with E-state index < -0.39 is 7.12 Å². The van der Waals surface area contributed by atoms with Gasteiger partial charge in [-0.05, 0) is 99.9 Å². The van der Waals surface area contributed by atoms with Gasteiger partial charge >= 0.3 is 7.12 Å². The number of benzene rings is 12. The predicted molar refractivity (Wildman–Crippen MR) is 362 cm³/mol. The van der Waals surface area contributed by atoms with Crippen LogP contribution in [0.4, 0.5) is 0 Å². The van der Waals surface area contributed by atoms with Gasteiger partial charge in [-0.25, -0.2) is 39.9 Å². The molecular formula is C76H50BBrN8O2. The molecule has 10 nitrogen and oxygen atoms in total. The van der Waals surface area contributed by atoms with Crippen molar-refractivity contribution in [2.24, 2.45) is 0 Å². The lowest BCUT2D eigenvalue weighted by Crippen LogP contribution is -2.29. The van der Waals surface area contributed by atoms with Crippen LogP contribution in [0.3, 0.4) is 0 Å². The van der Waals surface area contributed by atoms with Gasteiger partial charge in [0.05, 0.1) is 44.8 Å². The van der Waals surface area contributed by atoms with Crippen LogP contribution in [0.2, 0.25) is 0 Å². The second-order valence-corrected chi connectivity index (χ2v) is 21.8. The summed E-state index contributed by atoms with van der Waals surface area (Å²) in [5.74, 6) is 0. The molecule has 16 rings (SSSR count). The van der Waals surface area contributed by atoms with Gasteiger partial charge in [0.25, 0.3) is 0 Å². The topological polar surface area (TPSA) is 144 Å². The van der Waals surface area contributed by atoms with Crippen LogP contribution in [-0.2, 0) is 0 Å². The zero-order valence-corrected chi connectivity index (χ0v) is 48.7. The maximum Gasteiger partial charge on any atom is 0.488 e. The summed E-state index contributed by atoms with van der Waals surface area (Å²) in [5.41, 5.74) is 17.9. The van der Waals surface area contributed by atoms with Crippen molar-refractivity contribution in [3.63, 3.8) is 0 Å². The fourth-order valence-corrected chi connectivity index (χ4v) is 12.3. The Kier molecular flexibility index (Phi) is 15.3. The second-order valence-electron chi connectivity index (χ2n) is 21.0. The minimum absolute atomic E-state index is 0.443. The molecule has 4 heterocycles. The van der Waals surface area contributed by atoms with Gasteiger partial charge in [-0.3, -0.25) is 0 Å². The van der Waals surface area contributed by atoms with Crippen LogP contribution in [0.5, 0.6) is 0 Å². The third-order valence-electron chi connectivity index (χ3n) is 15.7. The SMILES string of the molecule is Brc1c2ccccc2c(-c2cncnc2)c2ccccc12.OB(O)c1ccc(-c2nc3ccccc3nc2-c2ccccc2)cc1.c1ccc(-c2nc3ccccc3nc2-c2ccc(-c3c4ccccc4c(-c4cncnc4)c4ccccc34)cc2)cc1. The van der Waals surface area contributed by atoms with Gasteiger partial charge in [-0.2, -0.15) is 0 Å². The Hall–Kier alpha value is -11.0. The maximum absolute atomic E-state index is 9.29. The fraction of sp³-hybridized carbons (Fsp3) is 0. The Bertz CT molecular complexity index is 5070. The highest BCUT2D eigenvalue weighted by Crippen LogP contribution is 2.45. The molecule has 0 radical (unpaired) electrons. The molecule has 0 atom stereocenters. The minimum atomic E-state index is -1.48. The highest BCUT2D eigenvalue weighted by Gasteiger charge is 2.20. The van der Waals surface area contributed by atoms with Crippen LogP contribution in [0.25, 0.3) is 144 Å². The van der Waals surface area contributed by atoms with Gasteiger partial charge < -0.3 is 10.0 Å². The molecule has 12 aromatic carbocycles. The Labute approximate surface area is 515 Å².